The highest BCUT2D eigenvalue weighted by Gasteiger charge is 2.20. The molecule has 0 unspecified atom stereocenters. The number of carbonyl (C=O) groups is 3. The predicted octanol–water partition coefficient (Wildman–Crippen LogP) is 6.69. The molecule has 1 aromatic carbocycles. The maximum atomic E-state index is 12.2. The third kappa shape index (κ3) is 22.6. The fourth-order valence-electron chi connectivity index (χ4n) is 4.02. The van der Waals surface area contributed by atoms with Crippen LogP contribution in [-0.4, -0.2) is 80.2 Å². The second kappa shape index (κ2) is 21.2. The van der Waals surface area contributed by atoms with Gasteiger partial charge in [0.15, 0.2) is 0 Å². The first-order valence-corrected chi connectivity index (χ1v) is 16.9. The molecular formula is C35H60N6O7. The van der Waals surface area contributed by atoms with E-state index in [0.717, 1.165) is 69.3 Å². The fourth-order valence-corrected chi connectivity index (χ4v) is 4.02. The van der Waals surface area contributed by atoms with E-state index in [2.05, 4.69) is 31.3 Å². The normalized spacial score (nSPS) is 12.6. The van der Waals surface area contributed by atoms with E-state index >= 15 is 0 Å². The topological polar surface area (TPSA) is 161 Å². The summed E-state index contributed by atoms with van der Waals surface area (Å²) in [6, 6.07) is 7.44. The molecule has 0 aliphatic rings. The summed E-state index contributed by atoms with van der Waals surface area (Å²) < 4.78 is 21.6. The van der Waals surface area contributed by atoms with Gasteiger partial charge in [0.2, 0.25) is 5.96 Å². The summed E-state index contributed by atoms with van der Waals surface area (Å²) in [5.41, 5.74) is -1.21. The molecule has 13 heteroatoms. The monoisotopic (exact) mass is 676 g/mol. The van der Waals surface area contributed by atoms with Crippen LogP contribution in [-0.2, 0) is 14.2 Å². The van der Waals surface area contributed by atoms with Crippen LogP contribution in [0, 0.1) is 0 Å². The van der Waals surface area contributed by atoms with Crippen LogP contribution in [0.25, 0.3) is 0 Å². The van der Waals surface area contributed by atoms with E-state index in [0.29, 0.717) is 19.0 Å². The summed E-state index contributed by atoms with van der Waals surface area (Å²) in [5, 5.41) is 11.9. The van der Waals surface area contributed by atoms with Crippen molar-refractivity contribution in [3.63, 3.8) is 0 Å². The lowest BCUT2D eigenvalue weighted by Crippen LogP contribution is -2.44. The highest BCUT2D eigenvalue weighted by Crippen LogP contribution is 2.14. The highest BCUT2D eigenvalue weighted by molar-refractivity contribution is 6.03. The molecular weight excluding hydrogens is 616 g/mol. The Balaban J connectivity index is 2.22. The molecule has 0 radical (unpaired) electrons. The van der Waals surface area contributed by atoms with Crippen molar-refractivity contribution in [2.24, 2.45) is 9.98 Å². The third-order valence-electron chi connectivity index (χ3n) is 6.02. The van der Waals surface area contributed by atoms with Crippen LogP contribution in [0.2, 0.25) is 0 Å². The van der Waals surface area contributed by atoms with Crippen LogP contribution in [0.4, 0.5) is 14.4 Å². The quantitative estimate of drug-likeness (QED) is 0.0682. The summed E-state index contributed by atoms with van der Waals surface area (Å²) in [6.45, 7) is 19.0. The minimum atomic E-state index is -0.792. The Morgan fingerprint density at radius 3 is 1.69 bits per heavy atom. The molecule has 48 heavy (non-hydrogen) atoms. The molecule has 0 aliphatic carbocycles. The Bertz CT molecular complexity index is 1180. The third-order valence-corrected chi connectivity index (χ3v) is 6.02. The molecule has 0 heterocycles. The molecule has 3 amide bonds. The van der Waals surface area contributed by atoms with Crippen molar-refractivity contribution < 1.29 is 33.3 Å². The summed E-state index contributed by atoms with van der Waals surface area (Å²) in [7, 11) is 1.71. The van der Waals surface area contributed by atoms with Crippen molar-refractivity contribution >= 4 is 30.1 Å². The minimum Gasteiger partial charge on any atom is -0.494 e. The molecule has 0 saturated carbocycles. The van der Waals surface area contributed by atoms with Gasteiger partial charge in [-0.1, -0.05) is 19.3 Å². The number of rotatable bonds is 15. The molecule has 0 atom stereocenters. The van der Waals surface area contributed by atoms with Crippen LogP contribution in [0.15, 0.2) is 34.3 Å². The van der Waals surface area contributed by atoms with E-state index in [1.165, 1.54) is 0 Å². The Labute approximate surface area is 287 Å². The molecule has 0 bridgehead atoms. The lowest BCUT2D eigenvalue weighted by molar-refractivity contribution is 0.0556. The van der Waals surface area contributed by atoms with Gasteiger partial charge in [-0.05, 0) is 125 Å². The van der Waals surface area contributed by atoms with E-state index < -0.39 is 35.1 Å². The van der Waals surface area contributed by atoms with Crippen molar-refractivity contribution in [2.45, 2.75) is 124 Å². The van der Waals surface area contributed by atoms with Gasteiger partial charge in [-0.2, -0.15) is 4.99 Å². The Morgan fingerprint density at radius 1 is 0.646 bits per heavy atom. The van der Waals surface area contributed by atoms with Gasteiger partial charge in [0.05, 0.1) is 6.61 Å². The molecule has 0 aromatic heterocycles. The molecule has 272 valence electrons. The SMILES string of the molecule is CN/C(=N/C(=O)OC(C)(C)C)c1ccc(OCCCCNCCCCCCCN/C(=N/C(=O)OC(C)(C)C)NC(=O)OC(C)(C)C)cc1. The average Bonchev–Trinajstić information content (AvgIpc) is 2.93. The van der Waals surface area contributed by atoms with Gasteiger partial charge in [0.25, 0.3) is 0 Å². The van der Waals surface area contributed by atoms with Crippen LogP contribution in [0.5, 0.6) is 5.75 Å². The largest absolute Gasteiger partial charge is 0.494 e. The number of ether oxygens (including phenoxy) is 4. The van der Waals surface area contributed by atoms with E-state index in [-0.39, 0.29) is 5.96 Å². The first-order chi connectivity index (χ1) is 22.4. The van der Waals surface area contributed by atoms with Gasteiger partial charge >= 0.3 is 18.3 Å². The number of aliphatic imine (C=N–C) groups is 2. The molecule has 0 fully saturated rings. The van der Waals surface area contributed by atoms with Gasteiger partial charge in [0.1, 0.15) is 28.4 Å². The van der Waals surface area contributed by atoms with Gasteiger partial charge in [0, 0.05) is 19.2 Å². The zero-order valence-electron chi connectivity index (χ0n) is 30.8. The molecule has 1 rings (SSSR count). The van der Waals surface area contributed by atoms with Gasteiger partial charge < -0.3 is 34.9 Å². The van der Waals surface area contributed by atoms with Crippen molar-refractivity contribution in [3.8, 4) is 5.75 Å². The zero-order chi connectivity index (χ0) is 36.2. The van der Waals surface area contributed by atoms with Crippen LogP contribution >= 0.6 is 0 Å². The Kier molecular flexibility index (Phi) is 18.6. The molecule has 4 N–H and O–H groups in total. The molecule has 13 nitrogen and oxygen atoms in total. The minimum absolute atomic E-state index is 0.0104. The highest BCUT2D eigenvalue weighted by atomic mass is 16.6. The summed E-state index contributed by atoms with van der Waals surface area (Å²) >= 11 is 0. The maximum absolute atomic E-state index is 12.2. The van der Waals surface area contributed by atoms with E-state index in [1.54, 1.807) is 69.4 Å². The molecule has 0 saturated heterocycles. The van der Waals surface area contributed by atoms with Gasteiger partial charge in [-0.3, -0.25) is 5.32 Å². The first kappa shape index (κ1) is 42.2. The number of alkyl carbamates (subject to hydrolysis) is 1. The number of nitrogens with zero attached hydrogens (tertiary/aromatic N) is 2. The predicted molar refractivity (Wildman–Crippen MR) is 190 cm³/mol. The number of guanidine groups is 1. The second-order valence-electron chi connectivity index (χ2n) is 14.3. The number of carbonyl (C=O) groups excluding carboxylic acids is 3. The number of unbranched alkanes of at least 4 members (excludes halogenated alkanes) is 5. The molecule has 1 aromatic rings. The Morgan fingerprint density at radius 2 is 1.15 bits per heavy atom. The summed E-state index contributed by atoms with van der Waals surface area (Å²) in [5.74, 6) is 1.21. The van der Waals surface area contributed by atoms with Crippen LogP contribution in [0.3, 0.4) is 0 Å². The number of hydrogen-bond acceptors (Lipinski definition) is 8. The average molecular weight is 677 g/mol. The number of hydrogen-bond donors (Lipinski definition) is 4. The first-order valence-electron chi connectivity index (χ1n) is 16.9. The number of amidine groups is 1. The van der Waals surface area contributed by atoms with Crippen LogP contribution < -0.4 is 26.0 Å². The lowest BCUT2D eigenvalue weighted by atomic mass is 10.1. The fraction of sp³-hybridized carbons (Fsp3) is 0.686. The summed E-state index contributed by atoms with van der Waals surface area (Å²) in [4.78, 5) is 44.3. The lowest BCUT2D eigenvalue weighted by Gasteiger charge is -2.21. The second-order valence-corrected chi connectivity index (χ2v) is 14.3. The van der Waals surface area contributed by atoms with Gasteiger partial charge in [-0.25, -0.2) is 14.4 Å². The van der Waals surface area contributed by atoms with E-state index in [9.17, 15) is 14.4 Å². The maximum Gasteiger partial charge on any atom is 0.437 e. The smallest absolute Gasteiger partial charge is 0.437 e. The molecule has 0 spiro atoms. The molecule has 0 aliphatic heterocycles. The Hall–Kier alpha value is -3.87. The van der Waals surface area contributed by atoms with Crippen molar-refractivity contribution in [2.75, 3.05) is 33.3 Å². The van der Waals surface area contributed by atoms with Crippen molar-refractivity contribution in [1.82, 2.24) is 21.3 Å². The van der Waals surface area contributed by atoms with Gasteiger partial charge in [-0.15, -0.1) is 4.99 Å². The van der Waals surface area contributed by atoms with E-state index in [4.69, 9.17) is 18.9 Å². The van der Waals surface area contributed by atoms with E-state index in [1.807, 2.05) is 24.3 Å². The van der Waals surface area contributed by atoms with Crippen molar-refractivity contribution in [3.05, 3.63) is 29.8 Å². The summed E-state index contributed by atoms with van der Waals surface area (Å²) in [6.07, 6.45) is 4.96. The van der Waals surface area contributed by atoms with Crippen molar-refractivity contribution in [1.29, 1.82) is 0 Å². The number of benzene rings is 1. The zero-order valence-corrected chi connectivity index (χ0v) is 30.8. The standard InChI is InChI=1S/C35H60N6O7/c1-33(2,3)46-30(42)39-28(36-10)26-18-20-27(21-19-26)45-25-17-16-23-37-22-14-12-11-13-15-24-38-29(40-31(43)47-34(4,5)6)41-32(44)48-35(7,8)9/h18-21,37H,11-17,22-25H2,1-10H3,(H,36,39,42)(H2,38,40,41,43,44). The number of amides is 3. The van der Waals surface area contributed by atoms with Crippen LogP contribution in [0.1, 0.15) is 113 Å². The number of nitrogens with one attached hydrogen (secondary N) is 4.